The largest absolute Gasteiger partial charge is 0.336 e. The molecule has 4 aromatic rings. The second kappa shape index (κ2) is 10.5. The molecule has 36 heavy (non-hydrogen) atoms. The van der Waals surface area contributed by atoms with Crippen molar-refractivity contribution in [1.82, 2.24) is 14.4 Å². The molecule has 184 valence electrons. The van der Waals surface area contributed by atoms with Gasteiger partial charge in [0.1, 0.15) is 5.69 Å². The molecule has 0 saturated carbocycles. The number of benzene rings is 3. The molecule has 4 heteroatoms. The van der Waals surface area contributed by atoms with E-state index < -0.39 is 0 Å². The van der Waals surface area contributed by atoms with Crippen molar-refractivity contribution in [1.29, 1.82) is 0 Å². The number of carbonyl (C=O) groups is 1. The van der Waals surface area contributed by atoms with Crippen molar-refractivity contribution in [3.8, 4) is 0 Å². The first-order chi connectivity index (χ1) is 17.5. The van der Waals surface area contributed by atoms with Gasteiger partial charge in [-0.1, -0.05) is 90.5 Å². The Balaban J connectivity index is 1.35. The van der Waals surface area contributed by atoms with E-state index in [4.69, 9.17) is 0 Å². The van der Waals surface area contributed by atoms with Crippen molar-refractivity contribution in [3.05, 3.63) is 130 Å². The van der Waals surface area contributed by atoms with Crippen molar-refractivity contribution in [3.63, 3.8) is 0 Å². The number of nitrogens with zero attached hydrogens (tertiary/aromatic N) is 3. The van der Waals surface area contributed by atoms with Gasteiger partial charge in [0.2, 0.25) is 0 Å². The van der Waals surface area contributed by atoms with Crippen molar-refractivity contribution in [2.24, 2.45) is 0 Å². The van der Waals surface area contributed by atoms with E-state index >= 15 is 0 Å². The average molecular weight is 478 g/mol. The minimum absolute atomic E-state index is 0.142. The zero-order valence-corrected chi connectivity index (χ0v) is 21.5. The summed E-state index contributed by atoms with van der Waals surface area (Å²) in [6.07, 6.45) is 0. The summed E-state index contributed by atoms with van der Waals surface area (Å²) in [6, 6.07) is 32.3. The van der Waals surface area contributed by atoms with Crippen LogP contribution in [-0.2, 0) is 6.54 Å². The lowest BCUT2D eigenvalue weighted by atomic mass is 9.96. The van der Waals surface area contributed by atoms with Crippen LogP contribution in [0.4, 0.5) is 0 Å². The molecule has 0 spiro atoms. The molecule has 0 N–H and O–H groups in total. The fraction of sp³-hybridized carbons (Fsp3) is 0.281. The molecule has 5 rings (SSSR count). The van der Waals surface area contributed by atoms with Crippen molar-refractivity contribution in [2.75, 3.05) is 26.2 Å². The van der Waals surface area contributed by atoms with Gasteiger partial charge in [-0.2, -0.15) is 0 Å². The molecule has 0 aliphatic carbocycles. The van der Waals surface area contributed by atoms with Gasteiger partial charge in [-0.15, -0.1) is 0 Å². The van der Waals surface area contributed by atoms with Gasteiger partial charge in [0.05, 0.1) is 6.04 Å². The molecular weight excluding hydrogens is 442 g/mol. The maximum Gasteiger partial charge on any atom is 0.270 e. The van der Waals surface area contributed by atoms with Gasteiger partial charge < -0.3 is 9.47 Å². The summed E-state index contributed by atoms with van der Waals surface area (Å²) in [6.45, 7) is 10.1. The maximum atomic E-state index is 13.8. The summed E-state index contributed by atoms with van der Waals surface area (Å²) in [5.74, 6) is 0.142. The Morgan fingerprint density at radius 2 is 1.36 bits per heavy atom. The predicted molar refractivity (Wildman–Crippen MR) is 146 cm³/mol. The van der Waals surface area contributed by atoms with Gasteiger partial charge >= 0.3 is 0 Å². The highest BCUT2D eigenvalue weighted by Crippen LogP contribution is 2.30. The van der Waals surface area contributed by atoms with E-state index in [9.17, 15) is 4.79 Å². The highest BCUT2D eigenvalue weighted by atomic mass is 16.2. The van der Waals surface area contributed by atoms with Crippen molar-refractivity contribution in [2.45, 2.75) is 33.4 Å². The lowest BCUT2D eigenvalue weighted by molar-refractivity contribution is 0.0586. The SMILES string of the molecule is Cc1cccc(Cn2c(C)cc(C)c2C(=O)N2CCN(C(c3ccccc3)c3ccccc3)CC2)c1. The van der Waals surface area contributed by atoms with E-state index in [2.05, 4.69) is 121 Å². The van der Waals surface area contributed by atoms with Crippen LogP contribution < -0.4 is 0 Å². The second-order valence-corrected chi connectivity index (χ2v) is 9.94. The molecule has 2 heterocycles. The van der Waals surface area contributed by atoms with Crippen LogP contribution in [0.5, 0.6) is 0 Å². The molecular formula is C32H35N3O. The van der Waals surface area contributed by atoms with E-state index in [1.165, 1.54) is 22.3 Å². The van der Waals surface area contributed by atoms with Crippen LogP contribution in [0.2, 0.25) is 0 Å². The number of hydrogen-bond donors (Lipinski definition) is 0. The Labute approximate surface area is 214 Å². The molecule has 0 unspecified atom stereocenters. The summed E-state index contributed by atoms with van der Waals surface area (Å²) >= 11 is 0. The minimum Gasteiger partial charge on any atom is -0.336 e. The van der Waals surface area contributed by atoms with Crippen LogP contribution in [0.3, 0.4) is 0 Å². The van der Waals surface area contributed by atoms with E-state index in [-0.39, 0.29) is 11.9 Å². The van der Waals surface area contributed by atoms with Crippen LogP contribution in [0.1, 0.15) is 50.0 Å². The van der Waals surface area contributed by atoms with Gasteiger partial charge in [-0.25, -0.2) is 0 Å². The van der Waals surface area contributed by atoms with Crippen molar-refractivity contribution >= 4 is 5.91 Å². The summed E-state index contributed by atoms with van der Waals surface area (Å²) in [5, 5.41) is 0. The number of aromatic nitrogens is 1. The Bertz CT molecular complexity index is 1280. The third kappa shape index (κ3) is 5.00. The number of piperazine rings is 1. The molecule has 1 aliphatic heterocycles. The molecule has 1 fully saturated rings. The highest BCUT2D eigenvalue weighted by molar-refractivity contribution is 5.94. The van der Waals surface area contributed by atoms with Crippen LogP contribution in [0.15, 0.2) is 91.0 Å². The number of aryl methyl sites for hydroxylation is 3. The average Bonchev–Trinajstić information content (AvgIpc) is 3.17. The first-order valence-corrected chi connectivity index (χ1v) is 12.9. The first-order valence-electron chi connectivity index (χ1n) is 12.9. The van der Waals surface area contributed by atoms with Gasteiger partial charge in [0.25, 0.3) is 5.91 Å². The summed E-state index contributed by atoms with van der Waals surface area (Å²) in [7, 11) is 0. The van der Waals surface area contributed by atoms with Gasteiger partial charge in [-0.05, 0) is 49.1 Å². The predicted octanol–water partition coefficient (Wildman–Crippen LogP) is 6.01. The number of amides is 1. The monoisotopic (exact) mass is 477 g/mol. The zero-order chi connectivity index (χ0) is 25.1. The molecule has 1 amide bonds. The Morgan fingerprint density at radius 3 is 1.94 bits per heavy atom. The quantitative estimate of drug-likeness (QED) is 0.340. The lowest BCUT2D eigenvalue weighted by Crippen LogP contribution is -2.50. The van der Waals surface area contributed by atoms with Gasteiger partial charge in [0, 0.05) is 38.4 Å². The lowest BCUT2D eigenvalue weighted by Gasteiger charge is -2.40. The molecule has 0 radical (unpaired) electrons. The normalized spacial score (nSPS) is 14.4. The van der Waals surface area contributed by atoms with Crippen LogP contribution in [-0.4, -0.2) is 46.5 Å². The standard InChI is InChI=1S/C32H35N3O/c1-24-11-10-12-27(21-24)23-35-26(3)22-25(2)30(35)32(36)34-19-17-33(18-20-34)31(28-13-6-4-7-14-28)29-15-8-5-9-16-29/h4-16,21-22,31H,17-20,23H2,1-3H3. The van der Waals surface area contributed by atoms with Crippen molar-refractivity contribution < 1.29 is 4.79 Å². The molecule has 0 atom stereocenters. The molecule has 3 aromatic carbocycles. The molecule has 1 aromatic heterocycles. The Hall–Kier alpha value is -3.63. The van der Waals surface area contributed by atoms with Crippen LogP contribution >= 0.6 is 0 Å². The molecule has 4 nitrogen and oxygen atoms in total. The third-order valence-electron chi connectivity index (χ3n) is 7.32. The summed E-state index contributed by atoms with van der Waals surface area (Å²) in [4.78, 5) is 18.4. The molecule has 1 saturated heterocycles. The fourth-order valence-corrected chi connectivity index (χ4v) is 5.55. The minimum atomic E-state index is 0.142. The first kappa shape index (κ1) is 24.1. The van der Waals surface area contributed by atoms with E-state index in [1.54, 1.807) is 0 Å². The van der Waals surface area contributed by atoms with E-state index in [0.29, 0.717) is 6.54 Å². The smallest absolute Gasteiger partial charge is 0.270 e. The van der Waals surface area contributed by atoms with E-state index in [1.807, 2.05) is 4.90 Å². The van der Waals surface area contributed by atoms with Gasteiger partial charge in [0.15, 0.2) is 0 Å². The van der Waals surface area contributed by atoms with Crippen LogP contribution in [0, 0.1) is 20.8 Å². The number of hydrogen-bond acceptors (Lipinski definition) is 2. The van der Waals surface area contributed by atoms with Gasteiger partial charge in [-0.3, -0.25) is 9.69 Å². The highest BCUT2D eigenvalue weighted by Gasteiger charge is 2.30. The van der Waals surface area contributed by atoms with E-state index in [0.717, 1.165) is 43.1 Å². The fourth-order valence-electron chi connectivity index (χ4n) is 5.55. The Morgan fingerprint density at radius 1 is 0.750 bits per heavy atom. The molecule has 1 aliphatic rings. The summed E-state index contributed by atoms with van der Waals surface area (Å²) < 4.78 is 2.19. The number of rotatable bonds is 6. The zero-order valence-electron chi connectivity index (χ0n) is 21.5. The second-order valence-electron chi connectivity index (χ2n) is 9.94. The third-order valence-corrected chi connectivity index (χ3v) is 7.32. The molecule has 0 bridgehead atoms. The van der Waals surface area contributed by atoms with Crippen LogP contribution in [0.25, 0.3) is 0 Å². The maximum absolute atomic E-state index is 13.8. The Kier molecular flexibility index (Phi) is 7.06. The topological polar surface area (TPSA) is 28.5 Å². The number of carbonyl (C=O) groups excluding carboxylic acids is 1. The summed E-state index contributed by atoms with van der Waals surface area (Å²) in [5.41, 5.74) is 8.06.